The molecule has 0 radical (unpaired) electrons. The smallest absolute Gasteiger partial charge is 0.224 e. The number of nitrogens with zero attached hydrogens (tertiary/aromatic N) is 2. The molecule has 0 aliphatic heterocycles. The minimum Gasteiger partial charge on any atom is -0.437 e. The van der Waals surface area contributed by atoms with Crippen molar-refractivity contribution in [2.75, 3.05) is 0 Å². The van der Waals surface area contributed by atoms with Crippen molar-refractivity contribution in [3.8, 4) is 11.6 Å². The van der Waals surface area contributed by atoms with E-state index in [1.54, 1.807) is 0 Å². The Morgan fingerprint density at radius 1 is 0.947 bits per heavy atom. The molecule has 2 rings (SSSR count). The van der Waals surface area contributed by atoms with Crippen LogP contribution in [0.4, 0.5) is 0 Å². The Bertz CT molecular complexity index is 619. The number of hydrogen-bond acceptors (Lipinski definition) is 3. The van der Waals surface area contributed by atoms with Crippen molar-refractivity contribution in [1.29, 1.82) is 0 Å². The fourth-order valence-corrected chi connectivity index (χ4v) is 2.11. The average molecular weight is 338 g/mol. The molecule has 0 bridgehead atoms. The molecule has 3 nitrogen and oxygen atoms in total. The molecule has 100 valence electrons. The van der Waals surface area contributed by atoms with E-state index in [1.165, 1.54) is 18.2 Å². The monoisotopic (exact) mass is 336 g/mol. The van der Waals surface area contributed by atoms with E-state index in [0.717, 1.165) is 0 Å². The van der Waals surface area contributed by atoms with Gasteiger partial charge in [0, 0.05) is 18.6 Å². The minimum absolute atomic E-state index is 0.303. The summed E-state index contributed by atoms with van der Waals surface area (Å²) in [5, 5.41) is 1.34. The molecule has 0 fully saturated rings. The second-order valence-electron chi connectivity index (χ2n) is 3.60. The summed E-state index contributed by atoms with van der Waals surface area (Å²) in [6.07, 6.45) is 0.645. The summed E-state index contributed by atoms with van der Waals surface area (Å²) >= 11 is 23.7. The maximum absolute atomic E-state index is 6.02. The molecule has 0 aliphatic rings. The number of aryl methyl sites for hydroxylation is 1. The van der Waals surface area contributed by atoms with Gasteiger partial charge in [0.2, 0.25) is 5.88 Å². The van der Waals surface area contributed by atoms with Gasteiger partial charge in [0.1, 0.15) is 16.7 Å². The first-order valence-electron chi connectivity index (χ1n) is 5.35. The van der Waals surface area contributed by atoms with Crippen molar-refractivity contribution in [2.45, 2.75) is 13.3 Å². The molecule has 0 atom stereocenters. The standard InChI is InChI=1S/C12H8Cl4N2O/c1-2-11-17-10(16)5-12(18-11)19-9-4-7(14)6(13)3-8(9)15/h3-5H,2H2,1H3. The zero-order valence-electron chi connectivity index (χ0n) is 9.75. The minimum atomic E-state index is 0.303. The van der Waals surface area contributed by atoms with E-state index in [4.69, 9.17) is 51.1 Å². The van der Waals surface area contributed by atoms with Gasteiger partial charge in [-0.3, -0.25) is 0 Å². The number of ether oxygens (including phenoxy) is 1. The lowest BCUT2D eigenvalue weighted by molar-refractivity contribution is 0.459. The molecular weight excluding hydrogens is 330 g/mol. The van der Waals surface area contributed by atoms with Crippen molar-refractivity contribution >= 4 is 46.4 Å². The SMILES string of the molecule is CCc1nc(Cl)cc(Oc2cc(Cl)c(Cl)cc2Cl)n1. The van der Waals surface area contributed by atoms with E-state index in [9.17, 15) is 0 Å². The van der Waals surface area contributed by atoms with E-state index in [0.29, 0.717) is 44.1 Å². The molecule has 0 amide bonds. The lowest BCUT2D eigenvalue weighted by Crippen LogP contribution is -1.96. The van der Waals surface area contributed by atoms with E-state index in [1.807, 2.05) is 6.92 Å². The third kappa shape index (κ3) is 3.63. The Balaban J connectivity index is 2.36. The molecule has 19 heavy (non-hydrogen) atoms. The summed E-state index contributed by atoms with van der Waals surface area (Å²) in [6, 6.07) is 4.53. The highest BCUT2D eigenvalue weighted by Gasteiger charge is 2.10. The van der Waals surface area contributed by atoms with Crippen LogP contribution in [0.2, 0.25) is 20.2 Å². The lowest BCUT2D eigenvalue weighted by atomic mass is 10.3. The molecule has 0 N–H and O–H groups in total. The molecule has 7 heteroatoms. The average Bonchev–Trinajstić information content (AvgIpc) is 2.35. The summed E-state index contributed by atoms with van der Waals surface area (Å²) in [7, 11) is 0. The number of benzene rings is 1. The first kappa shape index (κ1) is 14.7. The molecule has 0 saturated heterocycles. The van der Waals surface area contributed by atoms with Gasteiger partial charge in [-0.15, -0.1) is 0 Å². The maximum atomic E-state index is 6.02. The van der Waals surface area contributed by atoms with E-state index in [2.05, 4.69) is 9.97 Å². The van der Waals surface area contributed by atoms with Gasteiger partial charge in [-0.1, -0.05) is 53.3 Å². The predicted octanol–water partition coefficient (Wildman–Crippen LogP) is 5.44. The van der Waals surface area contributed by atoms with Gasteiger partial charge in [0.25, 0.3) is 0 Å². The normalized spacial score (nSPS) is 10.6. The molecule has 0 spiro atoms. The molecule has 1 heterocycles. The summed E-state index contributed by atoms with van der Waals surface area (Å²) < 4.78 is 5.56. The van der Waals surface area contributed by atoms with Crippen molar-refractivity contribution in [2.24, 2.45) is 0 Å². The second-order valence-corrected chi connectivity index (χ2v) is 5.21. The Morgan fingerprint density at radius 2 is 1.63 bits per heavy atom. The van der Waals surface area contributed by atoms with Gasteiger partial charge >= 0.3 is 0 Å². The van der Waals surface area contributed by atoms with E-state index in [-0.39, 0.29) is 0 Å². The van der Waals surface area contributed by atoms with Crippen molar-refractivity contribution in [3.63, 3.8) is 0 Å². The Labute approximate surface area is 130 Å². The van der Waals surface area contributed by atoms with Gasteiger partial charge in [0.15, 0.2) is 0 Å². The quantitative estimate of drug-likeness (QED) is 0.552. The van der Waals surface area contributed by atoms with Gasteiger partial charge < -0.3 is 4.74 Å². The molecule has 0 aliphatic carbocycles. The Kier molecular flexibility index (Phi) is 4.74. The highest BCUT2D eigenvalue weighted by molar-refractivity contribution is 6.43. The number of rotatable bonds is 3. The van der Waals surface area contributed by atoms with E-state index < -0.39 is 0 Å². The van der Waals surface area contributed by atoms with Crippen molar-refractivity contribution in [1.82, 2.24) is 9.97 Å². The zero-order valence-corrected chi connectivity index (χ0v) is 12.8. The van der Waals surface area contributed by atoms with Crippen LogP contribution in [0.5, 0.6) is 11.6 Å². The number of hydrogen-bond donors (Lipinski definition) is 0. The zero-order chi connectivity index (χ0) is 14.0. The van der Waals surface area contributed by atoms with Gasteiger partial charge in [0.05, 0.1) is 15.1 Å². The van der Waals surface area contributed by atoms with Gasteiger partial charge in [-0.2, -0.15) is 4.98 Å². The molecule has 2 aromatic rings. The van der Waals surface area contributed by atoms with Crippen LogP contribution in [0.3, 0.4) is 0 Å². The molecule has 0 saturated carbocycles. The summed E-state index contributed by atoms with van der Waals surface area (Å²) in [6.45, 7) is 1.92. The number of halogens is 4. The Hall–Kier alpha value is -0.740. The van der Waals surface area contributed by atoms with E-state index >= 15 is 0 Å². The molecule has 1 aromatic carbocycles. The Morgan fingerprint density at radius 3 is 2.32 bits per heavy atom. The van der Waals surface area contributed by atoms with Gasteiger partial charge in [-0.05, 0) is 6.07 Å². The van der Waals surface area contributed by atoms with Crippen LogP contribution in [0.1, 0.15) is 12.7 Å². The summed E-state index contributed by atoms with van der Waals surface area (Å²) in [5.74, 6) is 1.24. The lowest BCUT2D eigenvalue weighted by Gasteiger charge is -2.09. The topological polar surface area (TPSA) is 35.0 Å². The van der Waals surface area contributed by atoms with Crippen molar-refractivity contribution < 1.29 is 4.74 Å². The van der Waals surface area contributed by atoms with Crippen LogP contribution < -0.4 is 4.74 Å². The van der Waals surface area contributed by atoms with Gasteiger partial charge in [-0.25, -0.2) is 4.98 Å². The maximum Gasteiger partial charge on any atom is 0.224 e. The van der Waals surface area contributed by atoms with Crippen LogP contribution in [-0.4, -0.2) is 9.97 Å². The van der Waals surface area contributed by atoms with Crippen LogP contribution in [0.15, 0.2) is 18.2 Å². The first-order valence-corrected chi connectivity index (χ1v) is 6.86. The highest BCUT2D eigenvalue weighted by Crippen LogP contribution is 2.36. The van der Waals surface area contributed by atoms with Crippen molar-refractivity contribution in [3.05, 3.63) is 44.2 Å². The first-order chi connectivity index (χ1) is 8.99. The third-order valence-corrected chi connectivity index (χ3v) is 3.43. The molecule has 0 unspecified atom stereocenters. The van der Waals surface area contributed by atoms with Crippen LogP contribution in [0, 0.1) is 0 Å². The fraction of sp³-hybridized carbons (Fsp3) is 0.167. The third-order valence-electron chi connectivity index (χ3n) is 2.22. The fourth-order valence-electron chi connectivity index (χ4n) is 1.35. The highest BCUT2D eigenvalue weighted by atomic mass is 35.5. The molecule has 1 aromatic heterocycles. The summed E-state index contributed by atoms with van der Waals surface area (Å²) in [5.41, 5.74) is 0. The summed E-state index contributed by atoms with van der Waals surface area (Å²) in [4.78, 5) is 8.23. The van der Waals surface area contributed by atoms with Crippen LogP contribution in [-0.2, 0) is 6.42 Å². The second kappa shape index (κ2) is 6.14. The number of aromatic nitrogens is 2. The largest absolute Gasteiger partial charge is 0.437 e. The predicted molar refractivity (Wildman–Crippen MR) is 78.0 cm³/mol. The molecular formula is C12H8Cl4N2O. The van der Waals surface area contributed by atoms with Crippen LogP contribution >= 0.6 is 46.4 Å². The van der Waals surface area contributed by atoms with Crippen LogP contribution in [0.25, 0.3) is 0 Å².